The molecule has 0 atom stereocenters. The normalized spacial score (nSPS) is 9.57. The Morgan fingerprint density at radius 3 is 2.57 bits per heavy atom. The third-order valence-electron chi connectivity index (χ3n) is 1.52. The maximum absolute atomic E-state index is 11.1. The van der Waals surface area contributed by atoms with E-state index in [1.807, 2.05) is 12.1 Å². The van der Waals surface area contributed by atoms with Crippen LogP contribution in [0.5, 0.6) is 0 Å². The van der Waals surface area contributed by atoms with Crippen molar-refractivity contribution >= 4 is 27.9 Å². The maximum Gasteiger partial charge on any atom is 0.317 e. The highest BCUT2D eigenvalue weighted by Gasteiger charge is 2.09. The quantitative estimate of drug-likeness (QED) is 0.599. The standard InChI is InChI=1S/C10H8BrO3/c1-7(12)14-10(13)6-8-4-2-3-5-9(8)11/h2-5H,1,6H2. The first-order valence-electron chi connectivity index (χ1n) is 3.89. The first-order valence-corrected chi connectivity index (χ1v) is 4.69. The number of hydrogen-bond acceptors (Lipinski definition) is 3. The molecule has 14 heavy (non-hydrogen) atoms. The fraction of sp³-hybridized carbons (Fsp3) is 0.100. The van der Waals surface area contributed by atoms with Crippen LogP contribution in [0.4, 0.5) is 0 Å². The summed E-state index contributed by atoms with van der Waals surface area (Å²) in [6, 6.07) is 7.23. The second-order valence-electron chi connectivity index (χ2n) is 2.61. The van der Waals surface area contributed by atoms with Gasteiger partial charge in [0.15, 0.2) is 0 Å². The van der Waals surface area contributed by atoms with Gasteiger partial charge in [0.1, 0.15) is 0 Å². The molecule has 0 N–H and O–H groups in total. The van der Waals surface area contributed by atoms with Crippen LogP contribution >= 0.6 is 15.9 Å². The largest absolute Gasteiger partial charge is 0.393 e. The van der Waals surface area contributed by atoms with Gasteiger partial charge >= 0.3 is 11.9 Å². The molecule has 0 heterocycles. The first-order chi connectivity index (χ1) is 6.59. The summed E-state index contributed by atoms with van der Waals surface area (Å²) in [5, 5.41) is 0. The fourth-order valence-electron chi connectivity index (χ4n) is 0.960. The Hall–Kier alpha value is -1.16. The van der Waals surface area contributed by atoms with E-state index in [1.165, 1.54) is 0 Å². The second-order valence-corrected chi connectivity index (χ2v) is 3.47. The van der Waals surface area contributed by atoms with E-state index >= 15 is 0 Å². The van der Waals surface area contributed by atoms with E-state index in [4.69, 9.17) is 0 Å². The Bertz CT molecular complexity index is 360. The first kappa shape index (κ1) is 10.9. The molecule has 0 amide bonds. The molecule has 0 fully saturated rings. The van der Waals surface area contributed by atoms with Gasteiger partial charge in [0.05, 0.1) is 13.3 Å². The Morgan fingerprint density at radius 1 is 1.36 bits per heavy atom. The molecule has 0 aliphatic heterocycles. The Morgan fingerprint density at radius 2 is 2.00 bits per heavy atom. The van der Waals surface area contributed by atoms with E-state index in [9.17, 15) is 9.59 Å². The molecule has 0 aromatic heterocycles. The van der Waals surface area contributed by atoms with Crippen molar-refractivity contribution in [3.63, 3.8) is 0 Å². The third-order valence-corrected chi connectivity index (χ3v) is 2.29. The molecule has 0 saturated heterocycles. The maximum atomic E-state index is 11.1. The topological polar surface area (TPSA) is 43.4 Å². The van der Waals surface area contributed by atoms with E-state index in [0.717, 1.165) is 10.0 Å². The lowest BCUT2D eigenvalue weighted by atomic mass is 10.2. The summed E-state index contributed by atoms with van der Waals surface area (Å²) in [5.74, 6) is -1.43. The van der Waals surface area contributed by atoms with E-state index in [0.29, 0.717) is 0 Å². The average molecular weight is 256 g/mol. The van der Waals surface area contributed by atoms with Crippen LogP contribution in [0.1, 0.15) is 5.56 Å². The molecule has 0 spiro atoms. The highest BCUT2D eigenvalue weighted by Crippen LogP contribution is 2.16. The summed E-state index contributed by atoms with van der Waals surface area (Å²) in [6.45, 7) is 2.95. The second kappa shape index (κ2) is 4.91. The van der Waals surface area contributed by atoms with Crippen LogP contribution < -0.4 is 0 Å². The SMILES string of the molecule is [CH2]C(=O)OC(=O)Cc1ccccc1Br. The zero-order chi connectivity index (χ0) is 10.6. The molecule has 4 heteroatoms. The molecule has 1 rings (SSSR count). The van der Waals surface area contributed by atoms with Gasteiger partial charge in [-0.15, -0.1) is 0 Å². The van der Waals surface area contributed by atoms with Crippen LogP contribution in [0, 0.1) is 6.92 Å². The molecular weight excluding hydrogens is 248 g/mol. The smallest absolute Gasteiger partial charge is 0.317 e. The van der Waals surface area contributed by atoms with Crippen molar-refractivity contribution in [1.29, 1.82) is 0 Å². The number of carbonyl (C=O) groups excluding carboxylic acids is 2. The summed E-state index contributed by atoms with van der Waals surface area (Å²) >= 11 is 3.28. The third kappa shape index (κ3) is 3.30. The Labute approximate surface area is 90.2 Å². The molecule has 0 saturated carbocycles. The number of carbonyl (C=O) groups is 2. The molecule has 73 valence electrons. The Kier molecular flexibility index (Phi) is 3.83. The van der Waals surface area contributed by atoms with Crippen LogP contribution in [-0.4, -0.2) is 11.9 Å². The number of rotatable bonds is 2. The highest BCUT2D eigenvalue weighted by molar-refractivity contribution is 9.10. The zero-order valence-corrected chi connectivity index (χ0v) is 8.91. The van der Waals surface area contributed by atoms with Crippen molar-refractivity contribution in [2.24, 2.45) is 0 Å². The lowest BCUT2D eigenvalue weighted by Gasteiger charge is -2.02. The molecule has 1 aromatic rings. The number of esters is 2. The molecule has 3 nitrogen and oxygen atoms in total. The van der Waals surface area contributed by atoms with Gasteiger partial charge in [-0.3, -0.25) is 9.59 Å². The molecule has 1 radical (unpaired) electrons. The van der Waals surface area contributed by atoms with E-state index in [-0.39, 0.29) is 6.42 Å². The van der Waals surface area contributed by atoms with Gasteiger partial charge in [0.25, 0.3) is 0 Å². The van der Waals surface area contributed by atoms with Crippen molar-refractivity contribution in [3.05, 3.63) is 41.2 Å². The summed E-state index contributed by atoms with van der Waals surface area (Å²) in [7, 11) is 0. The molecule has 0 unspecified atom stereocenters. The van der Waals surface area contributed by atoms with Crippen LogP contribution in [0.25, 0.3) is 0 Å². The predicted molar refractivity (Wildman–Crippen MR) is 54.3 cm³/mol. The van der Waals surface area contributed by atoms with E-state index in [2.05, 4.69) is 27.6 Å². The van der Waals surface area contributed by atoms with Crippen molar-refractivity contribution in [3.8, 4) is 0 Å². The van der Waals surface area contributed by atoms with Crippen LogP contribution in [0.2, 0.25) is 0 Å². The van der Waals surface area contributed by atoms with E-state index in [1.54, 1.807) is 12.1 Å². The lowest BCUT2D eigenvalue weighted by molar-refractivity contribution is -0.155. The zero-order valence-electron chi connectivity index (χ0n) is 7.33. The Balaban J connectivity index is 2.65. The molecule has 0 bridgehead atoms. The van der Waals surface area contributed by atoms with Crippen molar-refractivity contribution < 1.29 is 14.3 Å². The van der Waals surface area contributed by atoms with Gasteiger partial charge in [-0.2, -0.15) is 0 Å². The highest BCUT2D eigenvalue weighted by atomic mass is 79.9. The number of hydrogen-bond donors (Lipinski definition) is 0. The average Bonchev–Trinajstić information content (AvgIpc) is 2.07. The number of benzene rings is 1. The fourth-order valence-corrected chi connectivity index (χ4v) is 1.39. The van der Waals surface area contributed by atoms with Crippen molar-refractivity contribution in [2.75, 3.05) is 0 Å². The number of ether oxygens (including phenoxy) is 1. The van der Waals surface area contributed by atoms with Crippen LogP contribution in [0.15, 0.2) is 28.7 Å². The van der Waals surface area contributed by atoms with Gasteiger partial charge in [-0.05, 0) is 11.6 Å². The molecule has 1 aromatic carbocycles. The van der Waals surface area contributed by atoms with Crippen LogP contribution in [0.3, 0.4) is 0 Å². The van der Waals surface area contributed by atoms with Gasteiger partial charge in [0, 0.05) is 4.47 Å². The lowest BCUT2D eigenvalue weighted by Crippen LogP contribution is -2.11. The predicted octanol–water partition coefficient (Wildman–Crippen LogP) is 1.90. The van der Waals surface area contributed by atoms with Gasteiger partial charge in [0.2, 0.25) is 0 Å². The van der Waals surface area contributed by atoms with E-state index < -0.39 is 11.9 Å². The monoisotopic (exact) mass is 255 g/mol. The summed E-state index contributed by atoms with van der Waals surface area (Å²) in [6.07, 6.45) is 0.0582. The molecular formula is C10H8BrO3. The van der Waals surface area contributed by atoms with Crippen molar-refractivity contribution in [2.45, 2.75) is 6.42 Å². The van der Waals surface area contributed by atoms with Gasteiger partial charge in [-0.25, -0.2) is 0 Å². The van der Waals surface area contributed by atoms with Gasteiger partial charge in [-0.1, -0.05) is 34.1 Å². The summed E-state index contributed by atoms with van der Waals surface area (Å²) in [4.78, 5) is 21.4. The summed E-state index contributed by atoms with van der Waals surface area (Å²) in [5.41, 5.74) is 0.777. The number of halogens is 1. The van der Waals surface area contributed by atoms with Crippen LogP contribution in [-0.2, 0) is 20.7 Å². The van der Waals surface area contributed by atoms with Crippen molar-refractivity contribution in [1.82, 2.24) is 0 Å². The minimum Gasteiger partial charge on any atom is -0.393 e. The molecule has 0 aliphatic rings. The van der Waals surface area contributed by atoms with Gasteiger partial charge < -0.3 is 4.74 Å². The molecule has 0 aliphatic carbocycles. The minimum atomic E-state index is -0.831. The summed E-state index contributed by atoms with van der Waals surface area (Å²) < 4.78 is 5.11. The minimum absolute atomic E-state index is 0.0582.